The van der Waals surface area contributed by atoms with E-state index < -0.39 is 0 Å². The van der Waals surface area contributed by atoms with Gasteiger partial charge in [0.05, 0.1) is 0 Å². The molecule has 0 fully saturated rings. The topological polar surface area (TPSA) is 14.1 Å². The Balaban J connectivity index is 0.000000845. The molecule has 0 spiro atoms. The second-order valence-corrected chi connectivity index (χ2v) is 3.39. The van der Waals surface area contributed by atoms with Gasteiger partial charge in [-0.25, -0.2) is 0 Å². The summed E-state index contributed by atoms with van der Waals surface area (Å²) in [5.74, 6) is 0.567. The molecule has 0 N–H and O–H groups in total. The molecule has 69 valence electrons. The molecule has 1 heterocycles. The summed E-state index contributed by atoms with van der Waals surface area (Å²) in [4.78, 5) is 4.34. The van der Waals surface area contributed by atoms with Crippen molar-refractivity contribution in [1.29, 1.82) is 0 Å². The number of para-hydroxylation sites is 1. The predicted molar refractivity (Wildman–Crippen MR) is 51.4 cm³/mol. The number of hydrogen-bond acceptors (Lipinski definition) is 0. The molecule has 2 rings (SSSR count). The molecule has 2 aromatic rings. The maximum absolute atomic E-state index is 4.34. The van der Waals surface area contributed by atoms with Crippen LogP contribution in [0, 0.1) is 0 Å². The van der Waals surface area contributed by atoms with Crippen LogP contribution in [-0.4, -0.2) is 0 Å². The van der Waals surface area contributed by atoms with Crippen LogP contribution in [0.3, 0.4) is 0 Å². The summed E-state index contributed by atoms with van der Waals surface area (Å²) in [6.07, 6.45) is 1.98. The summed E-state index contributed by atoms with van der Waals surface area (Å²) in [7, 11) is 0. The minimum Gasteiger partial charge on any atom is -0.663 e. The van der Waals surface area contributed by atoms with E-state index in [1.54, 1.807) is 0 Å². The molecular weight excluding hydrogens is 332 g/mol. The summed E-state index contributed by atoms with van der Waals surface area (Å²) in [5, 5.41) is 1.30. The number of fused-ring (bicyclic) bond motifs is 1. The van der Waals surface area contributed by atoms with Gasteiger partial charge in [0.25, 0.3) is 0 Å². The van der Waals surface area contributed by atoms with Gasteiger partial charge >= 0.3 is 0 Å². The Kier molecular flexibility index (Phi) is 3.30. The minimum atomic E-state index is 0. The average Bonchev–Trinajstić information content (AvgIpc) is 2.47. The molecular formula is C11H12NRe-. The van der Waals surface area contributed by atoms with E-state index in [2.05, 4.69) is 37.0 Å². The largest absolute Gasteiger partial charge is 0.663 e. The molecule has 0 unspecified atom stereocenters. The second-order valence-electron chi connectivity index (χ2n) is 3.39. The summed E-state index contributed by atoms with van der Waals surface area (Å²) < 4.78 is 0. The molecule has 0 aliphatic carbocycles. The van der Waals surface area contributed by atoms with Crippen LogP contribution >= 0.6 is 0 Å². The summed E-state index contributed by atoms with van der Waals surface area (Å²) >= 11 is 0. The maximum Gasteiger partial charge on any atom is 0 e. The number of benzene rings is 1. The maximum atomic E-state index is 4.34. The number of nitrogens with zero attached hydrogens (tertiary/aromatic N) is 1. The summed E-state index contributed by atoms with van der Waals surface area (Å²) in [6.45, 7) is 4.40. The van der Waals surface area contributed by atoms with Crippen LogP contribution in [0.5, 0.6) is 0 Å². The molecule has 1 radical (unpaired) electrons. The van der Waals surface area contributed by atoms with Crippen molar-refractivity contribution in [3.05, 3.63) is 36.0 Å². The molecule has 1 nitrogen and oxygen atoms in total. The molecule has 1 aromatic carbocycles. The normalized spacial score (nSPS) is 10.4. The Morgan fingerprint density at radius 3 is 2.54 bits per heavy atom. The third kappa shape index (κ3) is 1.85. The SMILES string of the molecule is CC(C)c1c[n-]c2ccccc12.[Re]. The fraction of sp³-hybridized carbons (Fsp3) is 0.273. The first-order valence-electron chi connectivity index (χ1n) is 4.29. The number of rotatable bonds is 1. The van der Waals surface area contributed by atoms with Gasteiger partial charge in [-0.2, -0.15) is 6.20 Å². The Morgan fingerprint density at radius 2 is 1.85 bits per heavy atom. The third-order valence-electron chi connectivity index (χ3n) is 2.18. The van der Waals surface area contributed by atoms with Gasteiger partial charge in [0.1, 0.15) is 0 Å². The first-order valence-corrected chi connectivity index (χ1v) is 4.29. The summed E-state index contributed by atoms with van der Waals surface area (Å²) in [5.41, 5.74) is 2.46. The second kappa shape index (κ2) is 4.09. The van der Waals surface area contributed by atoms with Crippen molar-refractivity contribution in [3.8, 4) is 0 Å². The van der Waals surface area contributed by atoms with Gasteiger partial charge in [0, 0.05) is 20.4 Å². The first-order chi connectivity index (χ1) is 5.79. The summed E-state index contributed by atoms with van der Waals surface area (Å²) in [6, 6.07) is 8.29. The minimum absolute atomic E-state index is 0. The van der Waals surface area contributed by atoms with Gasteiger partial charge in [0.2, 0.25) is 0 Å². The molecule has 0 bridgehead atoms. The predicted octanol–water partition coefficient (Wildman–Crippen LogP) is 2.92. The van der Waals surface area contributed by atoms with E-state index in [-0.39, 0.29) is 20.4 Å². The van der Waals surface area contributed by atoms with Gasteiger partial charge in [-0.1, -0.05) is 43.7 Å². The van der Waals surface area contributed by atoms with Crippen LogP contribution in [0.1, 0.15) is 25.3 Å². The third-order valence-corrected chi connectivity index (χ3v) is 2.18. The monoisotopic (exact) mass is 345 g/mol. The van der Waals surface area contributed by atoms with Crippen molar-refractivity contribution in [2.75, 3.05) is 0 Å². The Morgan fingerprint density at radius 1 is 1.15 bits per heavy atom. The average molecular weight is 344 g/mol. The fourth-order valence-corrected chi connectivity index (χ4v) is 1.50. The Bertz CT molecular complexity index is 390. The zero-order chi connectivity index (χ0) is 8.55. The molecule has 2 heteroatoms. The zero-order valence-corrected chi connectivity index (χ0v) is 10.5. The van der Waals surface area contributed by atoms with E-state index >= 15 is 0 Å². The molecule has 0 saturated carbocycles. The van der Waals surface area contributed by atoms with E-state index in [1.807, 2.05) is 12.3 Å². The van der Waals surface area contributed by atoms with Crippen molar-refractivity contribution >= 4 is 10.9 Å². The van der Waals surface area contributed by atoms with Crippen LogP contribution in [0.15, 0.2) is 30.5 Å². The van der Waals surface area contributed by atoms with Gasteiger partial charge in [-0.15, -0.1) is 5.52 Å². The Hall–Kier alpha value is -0.578. The van der Waals surface area contributed by atoms with E-state index in [1.165, 1.54) is 10.9 Å². The van der Waals surface area contributed by atoms with Crippen molar-refractivity contribution in [3.63, 3.8) is 0 Å². The van der Waals surface area contributed by atoms with Gasteiger partial charge < -0.3 is 4.98 Å². The van der Waals surface area contributed by atoms with Crippen LogP contribution in [-0.2, 0) is 20.4 Å². The number of aromatic nitrogens is 1. The van der Waals surface area contributed by atoms with Crippen LogP contribution in [0.2, 0.25) is 0 Å². The van der Waals surface area contributed by atoms with E-state index in [4.69, 9.17) is 0 Å². The number of hydrogen-bond donors (Lipinski definition) is 0. The molecule has 1 aromatic heterocycles. The molecule has 13 heavy (non-hydrogen) atoms. The van der Waals surface area contributed by atoms with E-state index in [0.29, 0.717) is 5.92 Å². The van der Waals surface area contributed by atoms with E-state index in [9.17, 15) is 0 Å². The van der Waals surface area contributed by atoms with E-state index in [0.717, 1.165) is 5.52 Å². The van der Waals surface area contributed by atoms with Crippen molar-refractivity contribution < 1.29 is 20.4 Å². The molecule has 0 amide bonds. The fourth-order valence-electron chi connectivity index (χ4n) is 1.50. The first kappa shape index (κ1) is 10.5. The quantitative estimate of drug-likeness (QED) is 0.776. The van der Waals surface area contributed by atoms with Crippen molar-refractivity contribution in [1.82, 2.24) is 4.98 Å². The van der Waals surface area contributed by atoms with Crippen molar-refractivity contribution in [2.24, 2.45) is 0 Å². The van der Waals surface area contributed by atoms with Gasteiger partial charge in [0.15, 0.2) is 0 Å². The van der Waals surface area contributed by atoms with Gasteiger partial charge in [-0.3, -0.25) is 0 Å². The Labute approximate surface area is 92.2 Å². The van der Waals surface area contributed by atoms with Crippen LogP contribution in [0.25, 0.3) is 10.9 Å². The smallest absolute Gasteiger partial charge is 0 e. The molecule has 0 atom stereocenters. The molecule has 0 saturated heterocycles. The standard InChI is InChI=1S/C11H12N.Re/c1-8(2)10-7-12-11-6-4-3-5-9(10)11;/h3-8H,1-2H3;/q-1;. The van der Waals surface area contributed by atoms with Crippen molar-refractivity contribution in [2.45, 2.75) is 19.8 Å². The molecule has 0 aliphatic rings. The molecule has 0 aliphatic heterocycles. The zero-order valence-electron chi connectivity index (χ0n) is 7.79. The van der Waals surface area contributed by atoms with Crippen LogP contribution < -0.4 is 4.98 Å². The van der Waals surface area contributed by atoms with Gasteiger partial charge in [-0.05, 0) is 11.3 Å². The van der Waals surface area contributed by atoms with Crippen LogP contribution in [0.4, 0.5) is 0 Å².